The molecule has 2 nitrogen and oxygen atoms in total. The molecule has 0 spiro atoms. The number of allylic oxidation sites excluding steroid dienone is 3. The number of aromatic nitrogens is 1. The highest BCUT2D eigenvalue weighted by Gasteiger charge is 1.92. The number of rotatable bonds is 4. The third kappa shape index (κ3) is 15.8. The predicted octanol–water partition coefficient (Wildman–Crippen LogP) is 5.72. The molecule has 1 aromatic rings. The lowest BCUT2D eigenvalue weighted by Gasteiger charge is -1.96. The Kier molecular flexibility index (Phi) is 25.2. The van der Waals surface area contributed by atoms with Crippen LogP contribution in [0.5, 0.6) is 0 Å². The molecule has 0 aromatic carbocycles. The topological polar surface area (TPSA) is 25.2 Å². The van der Waals surface area contributed by atoms with Crippen LogP contribution in [0.15, 0.2) is 74.1 Å². The molecule has 110 valence electrons. The molecular formula is C18H28N2. The zero-order chi connectivity index (χ0) is 16.2. The van der Waals surface area contributed by atoms with E-state index in [-0.39, 0.29) is 0 Å². The van der Waals surface area contributed by atoms with E-state index >= 15 is 0 Å². The number of hydrogen-bond donors (Lipinski definition) is 0. The minimum Gasteiger partial charge on any atom is -0.265 e. The van der Waals surface area contributed by atoms with Crippen LogP contribution >= 0.6 is 0 Å². The highest BCUT2D eigenvalue weighted by Crippen LogP contribution is 2.10. The van der Waals surface area contributed by atoms with Gasteiger partial charge in [0.2, 0.25) is 0 Å². The molecule has 1 aromatic heterocycles. The lowest BCUT2D eigenvalue weighted by Crippen LogP contribution is -1.79. The fourth-order valence-electron chi connectivity index (χ4n) is 0.762. The highest BCUT2D eigenvalue weighted by molar-refractivity contribution is 5.78. The maximum Gasteiger partial charge on any atom is 0.0631 e. The third-order valence-corrected chi connectivity index (χ3v) is 1.52. The molecule has 0 saturated carbocycles. The Hall–Kier alpha value is -2.22. The van der Waals surface area contributed by atoms with Crippen LogP contribution in [-0.4, -0.2) is 11.2 Å². The molecule has 1 heterocycles. The second kappa shape index (κ2) is 22.0. The largest absolute Gasteiger partial charge is 0.265 e. The molecule has 0 saturated heterocycles. The Morgan fingerprint density at radius 3 is 1.75 bits per heavy atom. The summed E-state index contributed by atoms with van der Waals surface area (Å²) in [5.41, 5.74) is 1.69. The van der Waals surface area contributed by atoms with E-state index in [2.05, 4.69) is 36.3 Å². The zero-order valence-electron chi connectivity index (χ0n) is 13.3. The van der Waals surface area contributed by atoms with Gasteiger partial charge in [-0.15, -0.1) is 0 Å². The van der Waals surface area contributed by atoms with Gasteiger partial charge >= 0.3 is 0 Å². The van der Waals surface area contributed by atoms with Gasteiger partial charge in [0.05, 0.1) is 5.70 Å². The molecule has 0 fully saturated rings. The monoisotopic (exact) mass is 272 g/mol. The number of hydrogen-bond acceptors (Lipinski definition) is 2. The van der Waals surface area contributed by atoms with Crippen LogP contribution in [0.25, 0.3) is 5.70 Å². The van der Waals surface area contributed by atoms with Crippen molar-refractivity contribution < 1.29 is 0 Å². The van der Waals surface area contributed by atoms with Crippen LogP contribution < -0.4 is 0 Å². The zero-order valence-corrected chi connectivity index (χ0v) is 13.3. The lowest BCUT2D eigenvalue weighted by molar-refractivity contribution is 1.31. The van der Waals surface area contributed by atoms with Crippen molar-refractivity contribution in [3.63, 3.8) is 0 Å². The first-order valence-electron chi connectivity index (χ1n) is 6.74. The summed E-state index contributed by atoms with van der Waals surface area (Å²) in [6.07, 6.45) is 9.93. The number of nitrogens with zero attached hydrogens (tertiary/aromatic N) is 2. The molecule has 0 unspecified atom stereocenters. The van der Waals surface area contributed by atoms with Crippen molar-refractivity contribution in [2.24, 2.45) is 4.99 Å². The van der Waals surface area contributed by atoms with Crippen LogP contribution in [-0.2, 0) is 0 Å². The molecular weight excluding hydrogens is 244 g/mol. The second-order valence-electron chi connectivity index (χ2n) is 2.67. The van der Waals surface area contributed by atoms with Crippen molar-refractivity contribution in [2.75, 3.05) is 0 Å². The van der Waals surface area contributed by atoms with Gasteiger partial charge in [0.25, 0.3) is 0 Å². The fraction of sp³-hybridized carbons (Fsp3) is 0.222. The molecule has 0 N–H and O–H groups in total. The molecule has 0 aliphatic carbocycles. The second-order valence-corrected chi connectivity index (χ2v) is 2.67. The van der Waals surface area contributed by atoms with Gasteiger partial charge in [-0.25, -0.2) is 0 Å². The van der Waals surface area contributed by atoms with E-state index in [4.69, 9.17) is 0 Å². The third-order valence-electron chi connectivity index (χ3n) is 1.52. The quantitative estimate of drug-likeness (QED) is 0.508. The fourth-order valence-corrected chi connectivity index (χ4v) is 0.762. The van der Waals surface area contributed by atoms with Gasteiger partial charge in [0.15, 0.2) is 0 Å². The molecule has 1 rings (SSSR count). The summed E-state index contributed by atoms with van der Waals surface area (Å²) in [5.74, 6) is 0. The van der Waals surface area contributed by atoms with Crippen molar-refractivity contribution in [1.82, 2.24) is 4.98 Å². The van der Waals surface area contributed by atoms with Gasteiger partial charge in [0.1, 0.15) is 0 Å². The molecule has 0 aliphatic rings. The van der Waals surface area contributed by atoms with Crippen LogP contribution in [0.3, 0.4) is 0 Å². The van der Waals surface area contributed by atoms with Gasteiger partial charge in [-0.3, -0.25) is 9.98 Å². The first-order valence-corrected chi connectivity index (χ1v) is 6.74. The van der Waals surface area contributed by atoms with Gasteiger partial charge in [0, 0.05) is 24.2 Å². The summed E-state index contributed by atoms with van der Waals surface area (Å²) in [5, 5.41) is 0. The summed E-state index contributed by atoms with van der Waals surface area (Å²) in [6.45, 7) is 22.0. The maximum atomic E-state index is 4.05. The average Bonchev–Trinajstić information content (AvgIpc) is 2.57. The van der Waals surface area contributed by atoms with Crippen molar-refractivity contribution >= 4 is 11.9 Å². The van der Waals surface area contributed by atoms with Crippen molar-refractivity contribution in [3.8, 4) is 0 Å². The smallest absolute Gasteiger partial charge is 0.0631 e. The Balaban J connectivity index is -0.000000306. The summed E-state index contributed by atoms with van der Waals surface area (Å²) in [6, 6.07) is 3.73. The van der Waals surface area contributed by atoms with E-state index in [0.717, 1.165) is 11.3 Å². The van der Waals surface area contributed by atoms with Crippen LogP contribution in [0.1, 0.15) is 33.3 Å². The van der Waals surface area contributed by atoms with E-state index in [9.17, 15) is 0 Å². The van der Waals surface area contributed by atoms with E-state index in [1.807, 2.05) is 39.8 Å². The van der Waals surface area contributed by atoms with Gasteiger partial charge < -0.3 is 0 Å². The minimum atomic E-state index is 0.720. The van der Waals surface area contributed by atoms with Gasteiger partial charge in [-0.1, -0.05) is 72.2 Å². The molecule has 0 atom stereocenters. The summed E-state index contributed by atoms with van der Waals surface area (Å²) in [7, 11) is 0. The molecule has 0 amide bonds. The molecule has 2 heteroatoms. The Bertz CT molecular complexity index is 370. The van der Waals surface area contributed by atoms with Crippen molar-refractivity contribution in [1.29, 1.82) is 0 Å². The Morgan fingerprint density at radius 1 is 0.950 bits per heavy atom. The summed E-state index contributed by atoms with van der Waals surface area (Å²) < 4.78 is 0. The number of pyridine rings is 1. The van der Waals surface area contributed by atoms with Gasteiger partial charge in [-0.2, -0.15) is 0 Å². The van der Waals surface area contributed by atoms with E-state index in [1.54, 1.807) is 36.8 Å². The first-order chi connectivity index (χ1) is 9.76. The van der Waals surface area contributed by atoms with E-state index in [0.29, 0.717) is 0 Å². The summed E-state index contributed by atoms with van der Waals surface area (Å²) >= 11 is 0. The highest BCUT2D eigenvalue weighted by atomic mass is 14.7. The molecule has 0 aliphatic heterocycles. The maximum absolute atomic E-state index is 4.05. The van der Waals surface area contributed by atoms with E-state index < -0.39 is 0 Å². The lowest BCUT2D eigenvalue weighted by atomic mass is 10.2. The van der Waals surface area contributed by atoms with Crippen molar-refractivity contribution in [3.05, 3.63) is 74.6 Å². The number of aliphatic imine (C=N–C) groups is 1. The van der Waals surface area contributed by atoms with Crippen LogP contribution in [0.4, 0.5) is 0 Å². The standard InChI is InChI=1S/C10H10N2.C4H6.2C2H6/c1-3-6-12-9(2)10-4-7-11-8-5-10;1-3-4-2;2*1-2/h3-8H,1-2H2;3-4H,1-2H2;2*1-2H3. The SMILES string of the molecule is C=CC=C.C=CC=NC(=C)c1ccncc1.CC.CC. The van der Waals surface area contributed by atoms with Crippen molar-refractivity contribution in [2.45, 2.75) is 27.7 Å². The molecule has 20 heavy (non-hydrogen) atoms. The summed E-state index contributed by atoms with van der Waals surface area (Å²) in [4.78, 5) is 7.94. The minimum absolute atomic E-state index is 0.720. The van der Waals surface area contributed by atoms with Gasteiger partial charge in [-0.05, 0) is 12.1 Å². The molecule has 0 radical (unpaired) electrons. The predicted molar refractivity (Wildman–Crippen MR) is 95.1 cm³/mol. The average molecular weight is 272 g/mol. The van der Waals surface area contributed by atoms with E-state index in [1.165, 1.54) is 0 Å². The van der Waals surface area contributed by atoms with Crippen LogP contribution in [0.2, 0.25) is 0 Å². The Morgan fingerprint density at radius 2 is 1.40 bits per heavy atom. The molecule has 0 bridgehead atoms. The van der Waals surface area contributed by atoms with Crippen LogP contribution in [0, 0.1) is 0 Å². The normalized spacial score (nSPS) is 7.60. The Labute approximate surface area is 125 Å². The first kappa shape index (κ1) is 22.9.